The summed E-state index contributed by atoms with van der Waals surface area (Å²) in [6.07, 6.45) is -1.05. The number of rotatable bonds is 6. The van der Waals surface area contributed by atoms with Gasteiger partial charge >= 0.3 is 6.09 Å². The number of carbonyl (C=O) groups excluding carboxylic acids is 2. The van der Waals surface area contributed by atoms with E-state index in [0.29, 0.717) is 24.5 Å². The Morgan fingerprint density at radius 3 is 2.77 bits per heavy atom. The molecule has 1 aromatic carbocycles. The lowest BCUT2D eigenvalue weighted by Crippen LogP contribution is -2.33. The molecule has 30 heavy (non-hydrogen) atoms. The summed E-state index contributed by atoms with van der Waals surface area (Å²) in [5.41, 5.74) is 0.858. The monoisotopic (exact) mass is 415 g/mol. The van der Waals surface area contributed by atoms with Crippen molar-refractivity contribution in [3.05, 3.63) is 24.0 Å². The molecule has 2 saturated heterocycles. The molecule has 0 aromatic heterocycles. The zero-order valence-electron chi connectivity index (χ0n) is 16.4. The molecule has 9 nitrogen and oxygen atoms in total. The SMILES string of the molecule is CC(=O)NC[C@H]1CN(c2ccc(N3C[C@@H]4C(C(=N)OCC#N)[C@@H]4C3)c(F)c2)C(=O)O1. The van der Waals surface area contributed by atoms with Crippen molar-refractivity contribution in [1.29, 1.82) is 10.7 Å². The number of carbonyl (C=O) groups is 2. The van der Waals surface area contributed by atoms with Crippen molar-refractivity contribution in [2.75, 3.05) is 42.6 Å². The summed E-state index contributed by atoms with van der Waals surface area (Å²) in [5.74, 6) is -0.0196. The average molecular weight is 415 g/mol. The minimum Gasteiger partial charge on any atom is -0.466 e. The van der Waals surface area contributed by atoms with Gasteiger partial charge in [-0.1, -0.05) is 0 Å². The van der Waals surface area contributed by atoms with Crippen LogP contribution in [0.3, 0.4) is 0 Å². The lowest BCUT2D eigenvalue weighted by Gasteiger charge is -2.23. The first-order chi connectivity index (χ1) is 14.4. The summed E-state index contributed by atoms with van der Waals surface area (Å²) in [6.45, 7) is 2.94. The van der Waals surface area contributed by atoms with Crippen LogP contribution in [0.25, 0.3) is 0 Å². The summed E-state index contributed by atoms with van der Waals surface area (Å²) in [4.78, 5) is 26.4. The van der Waals surface area contributed by atoms with E-state index in [-0.39, 0.29) is 49.3 Å². The topological polar surface area (TPSA) is 119 Å². The average Bonchev–Trinajstić information content (AvgIpc) is 3.03. The van der Waals surface area contributed by atoms with Crippen LogP contribution >= 0.6 is 0 Å². The number of ether oxygens (including phenoxy) is 2. The molecule has 2 heterocycles. The van der Waals surface area contributed by atoms with Crippen molar-refractivity contribution in [1.82, 2.24) is 5.32 Å². The van der Waals surface area contributed by atoms with Crippen molar-refractivity contribution in [3.8, 4) is 6.07 Å². The van der Waals surface area contributed by atoms with Crippen LogP contribution in [0, 0.1) is 40.3 Å². The summed E-state index contributed by atoms with van der Waals surface area (Å²) in [7, 11) is 0. The van der Waals surface area contributed by atoms with Crippen LogP contribution in [0.4, 0.5) is 20.6 Å². The van der Waals surface area contributed by atoms with Gasteiger partial charge in [-0.25, -0.2) is 9.18 Å². The molecule has 4 rings (SSSR count). The summed E-state index contributed by atoms with van der Waals surface area (Å²) < 4.78 is 25.1. The van der Waals surface area contributed by atoms with E-state index < -0.39 is 18.0 Å². The van der Waals surface area contributed by atoms with Gasteiger partial charge in [-0.15, -0.1) is 0 Å². The van der Waals surface area contributed by atoms with E-state index in [2.05, 4.69) is 5.32 Å². The number of nitrogens with zero attached hydrogens (tertiary/aromatic N) is 3. The Labute approximate surface area is 172 Å². The van der Waals surface area contributed by atoms with E-state index in [9.17, 15) is 14.0 Å². The maximum Gasteiger partial charge on any atom is 0.414 e. The second kappa shape index (κ2) is 7.82. The highest BCUT2D eigenvalue weighted by Gasteiger charge is 2.59. The molecule has 1 aliphatic carbocycles. The van der Waals surface area contributed by atoms with E-state index in [1.165, 1.54) is 17.9 Å². The first-order valence-electron chi connectivity index (χ1n) is 9.74. The number of halogens is 1. The van der Waals surface area contributed by atoms with Crippen LogP contribution in [0.2, 0.25) is 0 Å². The molecular formula is C20H22FN5O4. The number of hydrogen-bond acceptors (Lipinski definition) is 7. The molecule has 3 fully saturated rings. The van der Waals surface area contributed by atoms with E-state index >= 15 is 0 Å². The highest BCUT2D eigenvalue weighted by atomic mass is 19.1. The highest BCUT2D eigenvalue weighted by molar-refractivity contribution is 5.90. The van der Waals surface area contributed by atoms with Crippen molar-refractivity contribution in [2.45, 2.75) is 13.0 Å². The van der Waals surface area contributed by atoms with Crippen LogP contribution in [-0.4, -0.2) is 56.8 Å². The minimum absolute atomic E-state index is 0.0110. The van der Waals surface area contributed by atoms with Gasteiger partial charge in [-0.3, -0.25) is 15.1 Å². The number of anilines is 2. The third kappa shape index (κ3) is 3.75. The van der Waals surface area contributed by atoms with Crippen molar-refractivity contribution < 1.29 is 23.5 Å². The quantitative estimate of drug-likeness (QED) is 0.537. The van der Waals surface area contributed by atoms with Gasteiger partial charge in [0.2, 0.25) is 5.91 Å². The number of hydrogen-bond donors (Lipinski definition) is 2. The third-order valence-corrected chi connectivity index (χ3v) is 5.83. The summed E-state index contributed by atoms with van der Waals surface area (Å²) in [5, 5.41) is 19.1. The van der Waals surface area contributed by atoms with Gasteiger partial charge in [-0.05, 0) is 30.0 Å². The predicted octanol–water partition coefficient (Wildman–Crippen LogP) is 1.49. The van der Waals surface area contributed by atoms with Gasteiger partial charge in [0.15, 0.2) is 12.5 Å². The van der Waals surface area contributed by atoms with Crippen molar-refractivity contribution in [3.63, 3.8) is 0 Å². The zero-order chi connectivity index (χ0) is 21.4. The number of cyclic esters (lactones) is 1. The molecule has 1 aromatic rings. The van der Waals surface area contributed by atoms with E-state index in [0.717, 1.165) is 0 Å². The Morgan fingerprint density at radius 1 is 1.40 bits per heavy atom. The van der Waals surface area contributed by atoms with E-state index in [1.807, 2.05) is 11.0 Å². The molecule has 10 heteroatoms. The van der Waals surface area contributed by atoms with Crippen molar-refractivity contribution in [2.24, 2.45) is 17.8 Å². The lowest BCUT2D eigenvalue weighted by atomic mass is 10.2. The zero-order valence-corrected chi connectivity index (χ0v) is 16.4. The molecule has 1 unspecified atom stereocenters. The Balaban J connectivity index is 1.36. The minimum atomic E-state index is -0.571. The number of nitrogens with one attached hydrogen (secondary N) is 2. The second-order valence-electron chi connectivity index (χ2n) is 7.76. The molecule has 158 valence electrons. The fourth-order valence-corrected chi connectivity index (χ4v) is 4.33. The van der Waals surface area contributed by atoms with Gasteiger partial charge in [0.1, 0.15) is 18.0 Å². The fourth-order valence-electron chi connectivity index (χ4n) is 4.33. The number of nitriles is 1. The molecule has 3 aliphatic rings. The van der Waals surface area contributed by atoms with Crippen LogP contribution in [0.15, 0.2) is 18.2 Å². The maximum absolute atomic E-state index is 14.8. The predicted molar refractivity (Wildman–Crippen MR) is 105 cm³/mol. The molecule has 0 spiro atoms. The number of benzene rings is 1. The number of fused-ring (bicyclic) bond motifs is 1. The molecule has 0 bridgehead atoms. The van der Waals surface area contributed by atoms with Crippen molar-refractivity contribution >= 4 is 29.3 Å². The third-order valence-electron chi connectivity index (χ3n) is 5.83. The first kappa shape index (κ1) is 19.9. The Hall–Kier alpha value is -3.35. The highest BCUT2D eigenvalue weighted by Crippen LogP contribution is 2.53. The molecule has 2 amide bonds. The van der Waals surface area contributed by atoms with Gasteiger partial charge in [-0.2, -0.15) is 5.26 Å². The Bertz CT molecular complexity index is 920. The largest absolute Gasteiger partial charge is 0.466 e. The van der Waals surface area contributed by atoms with Gasteiger partial charge in [0, 0.05) is 25.9 Å². The van der Waals surface area contributed by atoms with Gasteiger partial charge in [0.05, 0.1) is 24.5 Å². The Morgan fingerprint density at radius 2 is 2.13 bits per heavy atom. The van der Waals surface area contributed by atoms with Gasteiger partial charge in [0.25, 0.3) is 0 Å². The lowest BCUT2D eigenvalue weighted by molar-refractivity contribution is -0.119. The summed E-state index contributed by atoms with van der Waals surface area (Å²) in [6, 6.07) is 6.50. The number of piperidine rings is 1. The fraction of sp³-hybridized carbons (Fsp3) is 0.500. The van der Waals surface area contributed by atoms with Crippen LogP contribution in [-0.2, 0) is 14.3 Å². The molecule has 4 atom stereocenters. The van der Waals surface area contributed by atoms with Crippen LogP contribution < -0.4 is 15.1 Å². The second-order valence-corrected chi connectivity index (χ2v) is 7.76. The normalized spacial score (nSPS) is 26.6. The molecule has 1 saturated carbocycles. The van der Waals surface area contributed by atoms with E-state index in [1.54, 1.807) is 12.1 Å². The molecular weight excluding hydrogens is 393 g/mol. The standard InChI is InChI=1S/C20H22FN5O4/c1-11(27)24-7-13-8-26(20(28)30-13)12-2-3-17(16(21)6-12)25-9-14-15(10-25)18(14)19(23)29-5-4-22/h2-3,6,13-15,18,23H,5,7-10H2,1H3,(H,24,27)/t13-,14-,15+,18?/m0/s1. The molecule has 2 aliphatic heterocycles. The smallest absolute Gasteiger partial charge is 0.414 e. The molecule has 0 radical (unpaired) electrons. The molecule has 2 N–H and O–H groups in total. The van der Waals surface area contributed by atoms with Crippen LogP contribution in [0.1, 0.15) is 6.92 Å². The van der Waals surface area contributed by atoms with Crippen LogP contribution in [0.5, 0.6) is 0 Å². The summed E-state index contributed by atoms with van der Waals surface area (Å²) >= 11 is 0. The first-order valence-corrected chi connectivity index (χ1v) is 9.74. The Kier molecular flexibility index (Phi) is 5.20. The van der Waals surface area contributed by atoms with E-state index in [4.69, 9.17) is 20.1 Å². The number of amides is 2. The maximum atomic E-state index is 14.8. The van der Waals surface area contributed by atoms with Gasteiger partial charge < -0.3 is 19.7 Å².